The Morgan fingerprint density at radius 3 is 2.14 bits per heavy atom. The van der Waals surface area contributed by atoms with E-state index in [1.54, 1.807) is 31.2 Å². The second kappa shape index (κ2) is 9.77. The summed E-state index contributed by atoms with van der Waals surface area (Å²) in [6, 6.07) is 9.23. The van der Waals surface area contributed by atoms with Crippen LogP contribution in [0.2, 0.25) is 0 Å². The Kier molecular flexibility index (Phi) is 7.43. The van der Waals surface area contributed by atoms with Crippen molar-refractivity contribution in [2.45, 2.75) is 26.0 Å². The smallest absolute Gasteiger partial charge is 0.387 e. The van der Waals surface area contributed by atoms with Crippen molar-refractivity contribution in [2.24, 2.45) is 0 Å². The minimum atomic E-state index is -2.88. The second-order valence-corrected chi connectivity index (χ2v) is 5.91. The van der Waals surface area contributed by atoms with E-state index in [0.717, 1.165) is 5.56 Å². The van der Waals surface area contributed by atoms with Crippen LogP contribution in [-0.4, -0.2) is 33.8 Å². The standard InChI is InChI=1S/C20H23F2NO5/c1-12(13-5-8-15(9-6-13)28-20(21)22)23-17(24)11-14-7-10-16(25-2)19(27-4)18(14)26-3/h5-10,12,20H,11H2,1-4H3,(H,23,24)/t12-/m0/s1. The molecule has 2 aromatic rings. The highest BCUT2D eigenvalue weighted by atomic mass is 19.3. The normalized spacial score (nSPS) is 11.7. The lowest BCUT2D eigenvalue weighted by molar-refractivity contribution is -0.121. The predicted octanol–water partition coefficient (Wildman–Crippen LogP) is 3.73. The van der Waals surface area contributed by atoms with Gasteiger partial charge in [-0.1, -0.05) is 18.2 Å². The van der Waals surface area contributed by atoms with E-state index in [1.807, 2.05) is 0 Å². The lowest BCUT2D eigenvalue weighted by atomic mass is 10.1. The first-order valence-corrected chi connectivity index (χ1v) is 8.51. The number of nitrogens with one attached hydrogen (secondary N) is 1. The van der Waals surface area contributed by atoms with E-state index in [1.165, 1.54) is 33.5 Å². The highest BCUT2D eigenvalue weighted by molar-refractivity contribution is 5.80. The Bertz CT molecular complexity index is 796. The zero-order valence-corrected chi connectivity index (χ0v) is 16.1. The van der Waals surface area contributed by atoms with Crippen LogP contribution in [0, 0.1) is 0 Å². The molecule has 28 heavy (non-hydrogen) atoms. The van der Waals surface area contributed by atoms with Gasteiger partial charge in [-0.2, -0.15) is 8.78 Å². The number of carbonyl (C=O) groups is 1. The number of halogens is 2. The zero-order chi connectivity index (χ0) is 20.7. The number of benzene rings is 2. The number of amides is 1. The summed E-state index contributed by atoms with van der Waals surface area (Å²) in [6.45, 7) is -1.08. The van der Waals surface area contributed by atoms with E-state index in [-0.39, 0.29) is 24.1 Å². The molecule has 0 saturated heterocycles. The fourth-order valence-corrected chi connectivity index (χ4v) is 2.79. The number of ether oxygens (including phenoxy) is 4. The van der Waals surface area contributed by atoms with Crippen LogP contribution in [0.25, 0.3) is 0 Å². The van der Waals surface area contributed by atoms with Gasteiger partial charge in [-0.25, -0.2) is 0 Å². The van der Waals surface area contributed by atoms with E-state index in [0.29, 0.717) is 22.8 Å². The van der Waals surface area contributed by atoms with Gasteiger partial charge in [0.05, 0.1) is 33.8 Å². The first kappa shape index (κ1) is 21.3. The summed E-state index contributed by atoms with van der Waals surface area (Å²) in [5.74, 6) is 1.18. The summed E-state index contributed by atoms with van der Waals surface area (Å²) < 4.78 is 44.7. The van der Waals surface area contributed by atoms with Crippen molar-refractivity contribution in [3.63, 3.8) is 0 Å². The fraction of sp³-hybridized carbons (Fsp3) is 0.350. The van der Waals surface area contributed by atoms with Crippen LogP contribution in [0.4, 0.5) is 8.78 Å². The van der Waals surface area contributed by atoms with Gasteiger partial charge in [0.1, 0.15) is 5.75 Å². The Hall–Kier alpha value is -3.03. The van der Waals surface area contributed by atoms with Crippen LogP contribution in [0.15, 0.2) is 36.4 Å². The maximum Gasteiger partial charge on any atom is 0.387 e. The number of rotatable bonds is 9. The summed E-state index contributed by atoms with van der Waals surface area (Å²) in [5, 5.41) is 2.87. The number of alkyl halides is 2. The predicted molar refractivity (Wildman–Crippen MR) is 99.4 cm³/mol. The molecule has 0 bridgehead atoms. The molecule has 0 heterocycles. The lowest BCUT2D eigenvalue weighted by Crippen LogP contribution is -2.28. The third-order valence-corrected chi connectivity index (χ3v) is 4.12. The highest BCUT2D eigenvalue weighted by Crippen LogP contribution is 2.39. The first-order chi connectivity index (χ1) is 13.4. The van der Waals surface area contributed by atoms with Crippen LogP contribution in [-0.2, 0) is 11.2 Å². The van der Waals surface area contributed by atoms with Gasteiger partial charge in [0.25, 0.3) is 0 Å². The van der Waals surface area contributed by atoms with Crippen molar-refractivity contribution in [1.29, 1.82) is 0 Å². The van der Waals surface area contributed by atoms with Gasteiger partial charge < -0.3 is 24.3 Å². The Labute approximate surface area is 162 Å². The molecule has 0 unspecified atom stereocenters. The van der Waals surface area contributed by atoms with Crippen molar-refractivity contribution >= 4 is 5.91 Å². The van der Waals surface area contributed by atoms with Crippen LogP contribution in [0.1, 0.15) is 24.1 Å². The molecule has 8 heteroatoms. The van der Waals surface area contributed by atoms with Crippen LogP contribution >= 0.6 is 0 Å². The number of hydrogen-bond donors (Lipinski definition) is 1. The summed E-state index contributed by atoms with van der Waals surface area (Å²) in [6.07, 6.45) is 0.0699. The maximum atomic E-state index is 12.5. The molecular formula is C20H23F2NO5. The largest absolute Gasteiger partial charge is 0.493 e. The molecule has 0 spiro atoms. The van der Waals surface area contributed by atoms with Gasteiger partial charge >= 0.3 is 6.61 Å². The third kappa shape index (κ3) is 5.25. The van der Waals surface area contributed by atoms with Crippen molar-refractivity contribution in [3.05, 3.63) is 47.5 Å². The Balaban J connectivity index is 2.07. The van der Waals surface area contributed by atoms with Gasteiger partial charge in [0, 0.05) is 5.56 Å². The van der Waals surface area contributed by atoms with E-state index in [2.05, 4.69) is 10.1 Å². The molecule has 152 valence electrons. The fourth-order valence-electron chi connectivity index (χ4n) is 2.79. The molecule has 0 aliphatic heterocycles. The Morgan fingerprint density at radius 2 is 1.61 bits per heavy atom. The maximum absolute atomic E-state index is 12.5. The quantitative estimate of drug-likeness (QED) is 0.701. The van der Waals surface area contributed by atoms with Gasteiger partial charge in [-0.05, 0) is 30.7 Å². The average molecular weight is 395 g/mol. The highest BCUT2D eigenvalue weighted by Gasteiger charge is 2.19. The van der Waals surface area contributed by atoms with Crippen LogP contribution in [0.5, 0.6) is 23.0 Å². The minimum absolute atomic E-state index is 0.0624. The van der Waals surface area contributed by atoms with Gasteiger partial charge in [0.2, 0.25) is 11.7 Å². The molecule has 2 rings (SSSR count). The van der Waals surface area contributed by atoms with Crippen molar-refractivity contribution in [3.8, 4) is 23.0 Å². The molecule has 1 amide bonds. The number of hydrogen-bond acceptors (Lipinski definition) is 5. The zero-order valence-electron chi connectivity index (χ0n) is 16.1. The lowest BCUT2D eigenvalue weighted by Gasteiger charge is -2.18. The van der Waals surface area contributed by atoms with E-state index in [9.17, 15) is 13.6 Å². The number of carbonyl (C=O) groups excluding carboxylic acids is 1. The first-order valence-electron chi connectivity index (χ1n) is 8.51. The molecule has 0 fully saturated rings. The van der Waals surface area contributed by atoms with E-state index < -0.39 is 6.61 Å². The molecule has 0 aliphatic carbocycles. The molecule has 1 atom stereocenters. The summed E-state index contributed by atoms with van der Waals surface area (Å²) >= 11 is 0. The summed E-state index contributed by atoms with van der Waals surface area (Å²) in [4.78, 5) is 12.5. The van der Waals surface area contributed by atoms with Gasteiger partial charge in [-0.15, -0.1) is 0 Å². The third-order valence-electron chi connectivity index (χ3n) is 4.12. The van der Waals surface area contributed by atoms with Crippen molar-refractivity contribution < 1.29 is 32.5 Å². The average Bonchev–Trinajstić information content (AvgIpc) is 2.67. The van der Waals surface area contributed by atoms with Crippen molar-refractivity contribution in [1.82, 2.24) is 5.32 Å². The second-order valence-electron chi connectivity index (χ2n) is 5.91. The summed E-state index contributed by atoms with van der Waals surface area (Å²) in [7, 11) is 4.50. The topological polar surface area (TPSA) is 66.0 Å². The molecular weight excluding hydrogens is 372 g/mol. The Morgan fingerprint density at radius 1 is 0.964 bits per heavy atom. The monoisotopic (exact) mass is 395 g/mol. The summed E-state index contributed by atoms with van der Waals surface area (Å²) in [5.41, 5.74) is 1.40. The molecule has 0 aliphatic rings. The molecule has 0 saturated carbocycles. The number of methoxy groups -OCH3 is 3. The molecule has 0 aromatic heterocycles. The van der Waals surface area contributed by atoms with Crippen LogP contribution in [0.3, 0.4) is 0 Å². The van der Waals surface area contributed by atoms with Crippen molar-refractivity contribution in [2.75, 3.05) is 21.3 Å². The molecule has 0 radical (unpaired) electrons. The van der Waals surface area contributed by atoms with E-state index >= 15 is 0 Å². The SMILES string of the molecule is COc1ccc(CC(=O)N[C@@H](C)c2ccc(OC(F)F)cc2)c(OC)c1OC. The van der Waals surface area contributed by atoms with Gasteiger partial charge in [0.15, 0.2) is 11.5 Å². The molecule has 2 aromatic carbocycles. The molecule has 6 nitrogen and oxygen atoms in total. The van der Waals surface area contributed by atoms with E-state index in [4.69, 9.17) is 14.2 Å². The van der Waals surface area contributed by atoms with Crippen LogP contribution < -0.4 is 24.3 Å². The van der Waals surface area contributed by atoms with Gasteiger partial charge in [-0.3, -0.25) is 4.79 Å². The minimum Gasteiger partial charge on any atom is -0.493 e. The molecule has 1 N–H and O–H groups in total.